The van der Waals surface area contributed by atoms with Gasteiger partial charge in [-0.15, -0.1) is 0 Å². The summed E-state index contributed by atoms with van der Waals surface area (Å²) in [6.45, 7) is 2.00. The molecular formula is C23H20O8S2. The fourth-order valence-electron chi connectivity index (χ4n) is 2.71. The van der Waals surface area contributed by atoms with Crippen molar-refractivity contribution < 1.29 is 36.4 Å². The number of aromatic hydroxyl groups is 2. The second-order valence-corrected chi connectivity index (χ2v) is 9.85. The highest BCUT2D eigenvalue weighted by molar-refractivity contribution is 7.91. The topological polar surface area (TPSA) is 146 Å². The van der Waals surface area contributed by atoms with E-state index in [-0.39, 0.29) is 26.2 Å². The largest absolute Gasteiger partial charge is 0.508 e. The number of phenolic OH excluding ortho intramolecular Hbond substituents is 2. The van der Waals surface area contributed by atoms with Crippen LogP contribution in [0.2, 0.25) is 0 Å². The molecular weight excluding hydrogens is 468 g/mol. The van der Waals surface area contributed by atoms with Crippen LogP contribution in [0.25, 0.3) is 10.8 Å². The van der Waals surface area contributed by atoms with Gasteiger partial charge in [-0.05, 0) is 71.4 Å². The Morgan fingerprint density at radius 2 is 0.939 bits per heavy atom. The molecule has 4 aromatic rings. The molecule has 8 nitrogen and oxygen atoms in total. The zero-order valence-corrected chi connectivity index (χ0v) is 18.7. The lowest BCUT2D eigenvalue weighted by molar-refractivity contribution is -0.0980. The van der Waals surface area contributed by atoms with E-state index >= 15 is 0 Å². The Morgan fingerprint density at radius 3 is 1.36 bits per heavy atom. The van der Waals surface area contributed by atoms with Crippen molar-refractivity contribution in [2.75, 3.05) is 0 Å². The Balaban J connectivity index is 0.000000221. The minimum Gasteiger partial charge on any atom is -0.508 e. The smallest absolute Gasteiger partial charge is 0.294 e. The molecule has 4 aromatic carbocycles. The average molecular weight is 489 g/mol. The number of carbonyl (C=O) groups is 1. The van der Waals surface area contributed by atoms with Gasteiger partial charge in [-0.2, -0.15) is 8.42 Å². The summed E-state index contributed by atoms with van der Waals surface area (Å²) in [6.07, 6.45) is 0. The first-order valence-electron chi connectivity index (χ1n) is 9.16. The number of carbonyl (C=O) groups excluding carboxylic acids is 1. The summed E-state index contributed by atoms with van der Waals surface area (Å²) >= 11 is 0. The lowest BCUT2D eigenvalue weighted by Crippen LogP contribution is -2.01. The maximum atomic E-state index is 12.1. The van der Waals surface area contributed by atoms with E-state index in [9.17, 15) is 16.8 Å². The van der Waals surface area contributed by atoms with Crippen LogP contribution in [0, 0.1) is 0 Å². The molecule has 0 amide bonds. The first kappa shape index (κ1) is 25.5. The van der Waals surface area contributed by atoms with E-state index in [0.29, 0.717) is 0 Å². The van der Waals surface area contributed by atoms with Crippen LogP contribution in [-0.4, -0.2) is 38.4 Å². The molecule has 0 saturated carbocycles. The fourth-order valence-corrected chi connectivity index (χ4v) is 4.49. The van der Waals surface area contributed by atoms with Gasteiger partial charge in [-0.1, -0.05) is 30.3 Å². The van der Waals surface area contributed by atoms with Crippen LogP contribution < -0.4 is 0 Å². The SMILES string of the molecule is C=O.O=S(=O)(O)c1ccc2ccccc2c1.O=S(=O)(c1ccc(O)cc1)c1ccc(O)cc1. The van der Waals surface area contributed by atoms with Crippen LogP contribution in [0.4, 0.5) is 0 Å². The van der Waals surface area contributed by atoms with Crippen molar-refractivity contribution in [2.24, 2.45) is 0 Å². The standard InChI is InChI=1S/C12H10O4S.C10H8O3S.CH2O/c13-9-1-5-11(6-2-9)17(15,16)12-7-3-10(14)4-8-12;11-14(12,13)10-6-5-8-3-1-2-4-9(8)7-10;1-2/h1-8,13-14H;1-7H,(H,11,12,13);1H2. The normalized spacial score (nSPS) is 10.9. The van der Waals surface area contributed by atoms with Gasteiger partial charge >= 0.3 is 0 Å². The molecule has 3 N–H and O–H groups in total. The van der Waals surface area contributed by atoms with E-state index in [2.05, 4.69) is 0 Å². The van der Waals surface area contributed by atoms with E-state index in [0.717, 1.165) is 10.8 Å². The highest BCUT2D eigenvalue weighted by Crippen LogP contribution is 2.24. The molecule has 33 heavy (non-hydrogen) atoms. The number of sulfone groups is 1. The van der Waals surface area contributed by atoms with Crippen LogP contribution in [0.3, 0.4) is 0 Å². The van der Waals surface area contributed by atoms with Gasteiger partial charge in [0, 0.05) is 0 Å². The molecule has 0 aliphatic carbocycles. The molecule has 172 valence electrons. The molecule has 0 heterocycles. The van der Waals surface area contributed by atoms with Crippen molar-refractivity contribution in [1.29, 1.82) is 0 Å². The third kappa shape index (κ3) is 6.62. The summed E-state index contributed by atoms with van der Waals surface area (Å²) in [5, 5.41) is 19.9. The molecule has 0 fully saturated rings. The van der Waals surface area contributed by atoms with E-state index in [1.165, 1.54) is 60.7 Å². The summed E-state index contributed by atoms with van der Waals surface area (Å²) in [6, 6.07) is 22.4. The summed E-state index contributed by atoms with van der Waals surface area (Å²) in [7, 11) is -7.69. The summed E-state index contributed by atoms with van der Waals surface area (Å²) in [5.74, 6) is 0.0179. The Bertz CT molecular complexity index is 1380. The molecule has 0 aliphatic rings. The number of phenols is 2. The highest BCUT2D eigenvalue weighted by atomic mass is 32.2. The third-order valence-corrected chi connectivity index (χ3v) is 6.95. The van der Waals surface area contributed by atoms with Crippen LogP contribution >= 0.6 is 0 Å². The summed E-state index contributed by atoms with van der Waals surface area (Å²) in [5.41, 5.74) is 0. The van der Waals surface area contributed by atoms with Crippen molar-refractivity contribution in [3.8, 4) is 11.5 Å². The van der Waals surface area contributed by atoms with Gasteiger partial charge in [0.2, 0.25) is 9.84 Å². The van der Waals surface area contributed by atoms with Crippen molar-refractivity contribution >= 4 is 37.5 Å². The second-order valence-electron chi connectivity index (χ2n) is 6.48. The molecule has 0 radical (unpaired) electrons. The quantitative estimate of drug-likeness (QED) is 0.369. The summed E-state index contributed by atoms with van der Waals surface area (Å²) < 4.78 is 54.7. The van der Waals surface area contributed by atoms with Crippen molar-refractivity contribution in [3.63, 3.8) is 0 Å². The Kier molecular flexibility index (Phi) is 8.30. The van der Waals surface area contributed by atoms with Crippen LogP contribution in [0.5, 0.6) is 11.5 Å². The van der Waals surface area contributed by atoms with Crippen LogP contribution in [0.1, 0.15) is 0 Å². The fraction of sp³-hybridized carbons (Fsp3) is 0. The van der Waals surface area contributed by atoms with Crippen LogP contribution in [0.15, 0.2) is 106 Å². The molecule has 0 bridgehead atoms. The van der Waals surface area contributed by atoms with E-state index in [1.54, 1.807) is 12.1 Å². The van der Waals surface area contributed by atoms with Gasteiger partial charge in [0.05, 0.1) is 14.7 Å². The van der Waals surface area contributed by atoms with Crippen LogP contribution in [-0.2, 0) is 24.7 Å². The lowest BCUT2D eigenvalue weighted by Gasteiger charge is -2.04. The van der Waals surface area contributed by atoms with Gasteiger partial charge in [-0.3, -0.25) is 4.55 Å². The van der Waals surface area contributed by atoms with Gasteiger partial charge < -0.3 is 15.0 Å². The first-order valence-corrected chi connectivity index (χ1v) is 12.1. The van der Waals surface area contributed by atoms with Crippen molar-refractivity contribution in [1.82, 2.24) is 0 Å². The van der Waals surface area contributed by atoms with Gasteiger partial charge in [0.1, 0.15) is 18.3 Å². The number of rotatable bonds is 3. The number of hydrogen-bond acceptors (Lipinski definition) is 7. The predicted octanol–water partition coefficient (Wildman–Crippen LogP) is 3.83. The van der Waals surface area contributed by atoms with E-state index in [4.69, 9.17) is 19.6 Å². The third-order valence-electron chi connectivity index (χ3n) is 4.31. The molecule has 10 heteroatoms. The first-order chi connectivity index (χ1) is 15.6. The Labute approximate surface area is 191 Å². The zero-order chi connectivity index (χ0) is 24.6. The second kappa shape index (κ2) is 10.7. The van der Waals surface area contributed by atoms with E-state index in [1.807, 2.05) is 25.0 Å². The Morgan fingerprint density at radius 1 is 0.545 bits per heavy atom. The number of benzene rings is 4. The molecule has 0 unspecified atom stereocenters. The molecule has 0 spiro atoms. The zero-order valence-electron chi connectivity index (χ0n) is 17.1. The van der Waals surface area contributed by atoms with Gasteiger partial charge in [-0.25, -0.2) is 8.42 Å². The number of fused-ring (bicyclic) bond motifs is 1. The molecule has 0 atom stereocenters. The van der Waals surface area contributed by atoms with Crippen molar-refractivity contribution in [3.05, 3.63) is 91.0 Å². The van der Waals surface area contributed by atoms with Gasteiger partial charge in [0.15, 0.2) is 0 Å². The monoisotopic (exact) mass is 488 g/mol. The predicted molar refractivity (Wildman–Crippen MR) is 123 cm³/mol. The Hall–Kier alpha value is -3.73. The molecule has 0 saturated heterocycles. The maximum Gasteiger partial charge on any atom is 0.294 e. The number of hydrogen-bond donors (Lipinski definition) is 3. The average Bonchev–Trinajstić information content (AvgIpc) is 2.80. The summed E-state index contributed by atoms with van der Waals surface area (Å²) in [4.78, 5) is 8.12. The van der Waals surface area contributed by atoms with E-state index < -0.39 is 20.0 Å². The van der Waals surface area contributed by atoms with Crippen molar-refractivity contribution in [2.45, 2.75) is 14.7 Å². The van der Waals surface area contributed by atoms with Gasteiger partial charge in [0.25, 0.3) is 10.1 Å². The highest BCUT2D eigenvalue weighted by Gasteiger charge is 2.17. The lowest BCUT2D eigenvalue weighted by atomic mass is 10.1. The molecule has 4 rings (SSSR count). The molecule has 0 aliphatic heterocycles. The minimum atomic E-state index is -4.09. The molecule has 0 aromatic heterocycles. The minimum absolute atomic E-state index is 0.00894. The maximum absolute atomic E-state index is 12.1.